The molecule has 0 amide bonds. The van der Waals surface area contributed by atoms with Gasteiger partial charge in [0.1, 0.15) is 0 Å². The van der Waals surface area contributed by atoms with Crippen LogP contribution in [0.5, 0.6) is 0 Å². The van der Waals surface area contributed by atoms with E-state index in [2.05, 4.69) is 132 Å². The molecule has 252 valence electrons. The van der Waals surface area contributed by atoms with E-state index in [9.17, 15) is 0 Å². The third-order valence-electron chi connectivity index (χ3n) is 14.2. The van der Waals surface area contributed by atoms with Gasteiger partial charge in [-0.1, -0.05) is 142 Å². The Balaban J connectivity index is 1.14. The Bertz CT molecular complexity index is 2450. The number of nitrogens with zero attached hydrogens (tertiary/aromatic N) is 1. The normalized spacial score (nSPS) is 18.6. The molecular weight excluding hydrogens is 627 g/mol. The second-order valence-electron chi connectivity index (χ2n) is 16.6. The molecule has 7 aromatic carbocycles. The molecule has 1 heteroatoms. The van der Waals surface area contributed by atoms with E-state index >= 15 is 0 Å². The molecule has 0 saturated heterocycles. The van der Waals surface area contributed by atoms with Crippen molar-refractivity contribution in [3.8, 4) is 22.3 Å². The maximum atomic E-state index is 2.69. The van der Waals surface area contributed by atoms with Crippen LogP contribution in [0.4, 0.5) is 17.1 Å². The average molecular weight is 670 g/mol. The zero-order chi connectivity index (χ0) is 34.0. The maximum absolute atomic E-state index is 2.69. The monoisotopic (exact) mass is 669 g/mol. The Kier molecular flexibility index (Phi) is 6.06. The minimum Gasteiger partial charge on any atom is -0.310 e. The number of rotatable bonds is 1. The molecule has 0 N–H and O–H groups in total. The fourth-order valence-corrected chi connectivity index (χ4v) is 12.0. The molecule has 0 aromatic heterocycles. The number of anilines is 3. The zero-order valence-electron chi connectivity index (χ0n) is 29.8. The minimum atomic E-state index is 0.118. The Hall–Kier alpha value is -5.14. The van der Waals surface area contributed by atoms with Gasteiger partial charge in [0, 0.05) is 22.9 Å². The van der Waals surface area contributed by atoms with Crippen molar-refractivity contribution in [2.75, 3.05) is 4.90 Å². The summed E-state index contributed by atoms with van der Waals surface area (Å²) in [5.74, 6) is 0. The Morgan fingerprint density at radius 1 is 0.404 bits per heavy atom. The van der Waals surface area contributed by atoms with Crippen molar-refractivity contribution in [3.63, 3.8) is 0 Å². The van der Waals surface area contributed by atoms with Gasteiger partial charge < -0.3 is 4.90 Å². The topological polar surface area (TPSA) is 3.24 Å². The molecule has 2 spiro atoms. The van der Waals surface area contributed by atoms with Gasteiger partial charge in [0.05, 0.1) is 11.4 Å². The number of hydrogen-bond donors (Lipinski definition) is 0. The van der Waals surface area contributed by atoms with Crippen molar-refractivity contribution in [1.29, 1.82) is 0 Å². The first-order chi connectivity index (χ1) is 25.7. The van der Waals surface area contributed by atoms with Crippen LogP contribution in [0.3, 0.4) is 0 Å². The second kappa shape index (κ2) is 10.7. The standard InChI is InChI=1S/C51H43N/c1-4-16-37(17-5-1)52-46-31-40-44(50(24-10-2-11-25-50)42-22-20-33-14-6-8-18-38(33)48(40)42)29-35(46)28-36-30-45-41(32-47(36)52)49-39-19-9-7-15-34(39)21-23-43(49)51(45)26-12-3-13-27-51/h1,4-9,14-23,29-32H,2-3,10-13,24-28H2. The molecule has 2 fully saturated rings. The van der Waals surface area contributed by atoms with E-state index in [4.69, 9.17) is 0 Å². The molecule has 0 bridgehead atoms. The Labute approximate surface area is 306 Å². The van der Waals surface area contributed by atoms with Crippen molar-refractivity contribution < 1.29 is 0 Å². The van der Waals surface area contributed by atoms with Crippen LogP contribution < -0.4 is 4.90 Å². The first-order valence-corrected chi connectivity index (χ1v) is 20.0. The van der Waals surface area contributed by atoms with E-state index in [0.29, 0.717) is 0 Å². The number of para-hydroxylation sites is 1. The molecule has 0 unspecified atom stereocenters. The Morgan fingerprint density at radius 2 is 0.865 bits per heavy atom. The molecular formula is C51H43N. The highest BCUT2D eigenvalue weighted by molar-refractivity contribution is 6.06. The lowest BCUT2D eigenvalue weighted by Gasteiger charge is -2.39. The third-order valence-corrected chi connectivity index (χ3v) is 14.2. The smallest absolute Gasteiger partial charge is 0.0503 e. The molecule has 1 heterocycles. The van der Waals surface area contributed by atoms with E-state index in [-0.39, 0.29) is 10.8 Å². The highest BCUT2D eigenvalue weighted by Crippen LogP contribution is 2.62. The van der Waals surface area contributed by atoms with E-state index in [0.717, 1.165) is 6.42 Å². The van der Waals surface area contributed by atoms with Crippen LogP contribution in [-0.4, -0.2) is 0 Å². The third kappa shape index (κ3) is 3.79. The molecule has 2 saturated carbocycles. The zero-order valence-corrected chi connectivity index (χ0v) is 29.8. The number of hydrogen-bond acceptors (Lipinski definition) is 1. The SMILES string of the molecule is c1ccc(N2c3cc4c(cc3Cc3cc5c(cc32)-c2c(ccc3ccccc23)C52CCCCC2)C2(CCCCC2)c2ccc3ccccc3c2-4)cc1. The van der Waals surface area contributed by atoms with E-state index in [1.165, 1.54) is 136 Å². The van der Waals surface area contributed by atoms with Gasteiger partial charge in [-0.25, -0.2) is 0 Å². The summed E-state index contributed by atoms with van der Waals surface area (Å²) < 4.78 is 0. The van der Waals surface area contributed by atoms with E-state index in [1.54, 1.807) is 22.3 Å². The highest BCUT2D eigenvalue weighted by atomic mass is 15.2. The maximum Gasteiger partial charge on any atom is 0.0503 e. The molecule has 0 atom stereocenters. The van der Waals surface area contributed by atoms with Gasteiger partial charge in [-0.3, -0.25) is 0 Å². The average Bonchev–Trinajstić information content (AvgIpc) is 3.61. The van der Waals surface area contributed by atoms with Gasteiger partial charge in [-0.2, -0.15) is 0 Å². The van der Waals surface area contributed by atoms with Crippen molar-refractivity contribution in [1.82, 2.24) is 0 Å². The largest absolute Gasteiger partial charge is 0.310 e. The molecule has 5 aliphatic rings. The van der Waals surface area contributed by atoms with Crippen molar-refractivity contribution in [2.24, 2.45) is 0 Å². The van der Waals surface area contributed by atoms with Gasteiger partial charge in [0.2, 0.25) is 0 Å². The summed E-state index contributed by atoms with van der Waals surface area (Å²) in [6.07, 6.45) is 13.9. The first-order valence-electron chi connectivity index (χ1n) is 20.0. The van der Waals surface area contributed by atoms with Gasteiger partial charge >= 0.3 is 0 Å². The predicted molar refractivity (Wildman–Crippen MR) is 218 cm³/mol. The van der Waals surface area contributed by atoms with E-state index in [1.807, 2.05) is 0 Å². The van der Waals surface area contributed by atoms with Crippen LogP contribution in [0, 0.1) is 0 Å². The molecule has 12 rings (SSSR count). The second-order valence-corrected chi connectivity index (χ2v) is 16.6. The lowest BCUT2D eigenvalue weighted by atomic mass is 9.67. The Morgan fingerprint density at radius 3 is 1.37 bits per heavy atom. The van der Waals surface area contributed by atoms with Crippen molar-refractivity contribution in [3.05, 3.63) is 161 Å². The fourth-order valence-electron chi connectivity index (χ4n) is 12.0. The van der Waals surface area contributed by atoms with Crippen LogP contribution >= 0.6 is 0 Å². The lowest BCUT2D eigenvalue weighted by molar-refractivity contribution is 0.352. The van der Waals surface area contributed by atoms with Crippen molar-refractivity contribution in [2.45, 2.75) is 81.5 Å². The summed E-state index contributed by atoms with van der Waals surface area (Å²) >= 11 is 0. The van der Waals surface area contributed by atoms with Crippen LogP contribution in [0.2, 0.25) is 0 Å². The summed E-state index contributed by atoms with van der Waals surface area (Å²) in [4.78, 5) is 2.63. The summed E-state index contributed by atoms with van der Waals surface area (Å²) in [5.41, 5.74) is 19.4. The van der Waals surface area contributed by atoms with Crippen LogP contribution in [0.1, 0.15) is 97.6 Å². The molecule has 1 aliphatic heterocycles. The van der Waals surface area contributed by atoms with Gasteiger partial charge in [-0.05, 0) is 127 Å². The molecule has 0 radical (unpaired) electrons. The lowest BCUT2D eigenvalue weighted by Crippen LogP contribution is -2.29. The summed E-state index contributed by atoms with van der Waals surface area (Å²) in [5, 5.41) is 5.51. The highest BCUT2D eigenvalue weighted by Gasteiger charge is 2.47. The van der Waals surface area contributed by atoms with E-state index < -0.39 is 0 Å². The summed E-state index contributed by atoms with van der Waals surface area (Å²) in [6.45, 7) is 0. The first kappa shape index (κ1) is 29.4. The summed E-state index contributed by atoms with van der Waals surface area (Å²) in [6, 6.07) is 49.8. The minimum absolute atomic E-state index is 0.118. The molecule has 1 nitrogen and oxygen atoms in total. The van der Waals surface area contributed by atoms with Crippen LogP contribution in [0.25, 0.3) is 43.8 Å². The summed E-state index contributed by atoms with van der Waals surface area (Å²) in [7, 11) is 0. The fraction of sp³-hybridized carbons (Fsp3) is 0.255. The number of fused-ring (bicyclic) bond motifs is 16. The molecule has 7 aromatic rings. The van der Waals surface area contributed by atoms with Gasteiger partial charge in [-0.15, -0.1) is 0 Å². The molecule has 4 aliphatic carbocycles. The van der Waals surface area contributed by atoms with Crippen LogP contribution in [-0.2, 0) is 17.3 Å². The van der Waals surface area contributed by atoms with Gasteiger partial charge in [0.25, 0.3) is 0 Å². The van der Waals surface area contributed by atoms with Gasteiger partial charge in [0.15, 0.2) is 0 Å². The van der Waals surface area contributed by atoms with Crippen LogP contribution in [0.15, 0.2) is 127 Å². The predicted octanol–water partition coefficient (Wildman–Crippen LogP) is 13.8. The molecule has 52 heavy (non-hydrogen) atoms. The quantitative estimate of drug-likeness (QED) is 0.168. The number of benzene rings is 7. The van der Waals surface area contributed by atoms with Crippen molar-refractivity contribution >= 4 is 38.6 Å².